The van der Waals surface area contributed by atoms with Gasteiger partial charge in [-0.3, -0.25) is 9.59 Å². The summed E-state index contributed by atoms with van der Waals surface area (Å²) in [6, 6.07) is 21.2. The number of hydrogen-bond donors (Lipinski definition) is 1. The van der Waals surface area contributed by atoms with E-state index in [-0.39, 0.29) is 17.4 Å². The van der Waals surface area contributed by atoms with E-state index in [2.05, 4.69) is 5.32 Å². The number of thioether (sulfide) groups is 1. The maximum atomic E-state index is 12.9. The molecule has 7 heteroatoms. The maximum absolute atomic E-state index is 12.9. The molecular formula is C28H24N2O4S. The molecule has 0 saturated carbocycles. The average Bonchev–Trinajstić information content (AvgIpc) is 3.35. The van der Waals surface area contributed by atoms with Crippen LogP contribution in [0, 0.1) is 11.3 Å². The SMILES string of the molecule is CC(OC(=O)c1ccccc1SCC(=O)Nc1cccc(C#N)c1)C(=O)c1ccc2c(c1)CCC2. The van der Waals surface area contributed by atoms with E-state index in [0.717, 1.165) is 19.3 Å². The van der Waals surface area contributed by atoms with E-state index in [9.17, 15) is 14.4 Å². The normalized spacial score (nSPS) is 12.8. The second kappa shape index (κ2) is 11.0. The molecule has 0 aliphatic heterocycles. The van der Waals surface area contributed by atoms with Crippen molar-refractivity contribution in [3.05, 3.63) is 94.5 Å². The lowest BCUT2D eigenvalue weighted by Crippen LogP contribution is -2.25. The molecule has 0 spiro atoms. The van der Waals surface area contributed by atoms with Crippen LogP contribution in [0.3, 0.4) is 0 Å². The van der Waals surface area contributed by atoms with Gasteiger partial charge >= 0.3 is 5.97 Å². The van der Waals surface area contributed by atoms with E-state index >= 15 is 0 Å². The van der Waals surface area contributed by atoms with Gasteiger partial charge in [-0.25, -0.2) is 4.79 Å². The summed E-state index contributed by atoms with van der Waals surface area (Å²) in [5.74, 6) is -1.06. The molecule has 3 aromatic carbocycles. The summed E-state index contributed by atoms with van der Waals surface area (Å²) in [5.41, 5.74) is 4.29. The number of benzene rings is 3. The summed E-state index contributed by atoms with van der Waals surface area (Å²) in [4.78, 5) is 38.7. The predicted octanol–water partition coefficient (Wildman–Crippen LogP) is 5.21. The largest absolute Gasteiger partial charge is 0.451 e. The van der Waals surface area contributed by atoms with Crippen LogP contribution in [0.2, 0.25) is 0 Å². The Balaban J connectivity index is 1.37. The van der Waals surface area contributed by atoms with E-state index in [0.29, 0.717) is 27.3 Å². The Morgan fingerprint density at radius 1 is 1.03 bits per heavy atom. The van der Waals surface area contributed by atoms with Crippen molar-refractivity contribution >= 4 is 35.1 Å². The van der Waals surface area contributed by atoms with Crippen molar-refractivity contribution in [2.75, 3.05) is 11.1 Å². The van der Waals surface area contributed by atoms with Crippen LogP contribution in [-0.4, -0.2) is 29.5 Å². The van der Waals surface area contributed by atoms with Gasteiger partial charge in [0.15, 0.2) is 6.10 Å². The molecule has 4 rings (SSSR count). The number of anilines is 1. The molecule has 0 aromatic heterocycles. The van der Waals surface area contributed by atoms with Crippen molar-refractivity contribution in [1.29, 1.82) is 5.26 Å². The molecule has 0 heterocycles. The Kier molecular flexibility index (Phi) is 7.64. The number of carbonyl (C=O) groups excluding carboxylic acids is 3. The van der Waals surface area contributed by atoms with E-state index in [1.165, 1.54) is 22.9 Å². The number of nitriles is 1. The van der Waals surface area contributed by atoms with Gasteiger partial charge < -0.3 is 10.1 Å². The molecule has 1 atom stereocenters. The number of Topliss-reactive ketones (excluding diaryl/α,β-unsaturated/α-hetero) is 1. The third-order valence-corrected chi connectivity index (χ3v) is 6.85. The number of rotatable bonds is 8. The molecule has 1 aliphatic rings. The summed E-state index contributed by atoms with van der Waals surface area (Å²) >= 11 is 1.20. The molecule has 1 unspecified atom stereocenters. The smallest absolute Gasteiger partial charge is 0.339 e. The van der Waals surface area contributed by atoms with E-state index in [4.69, 9.17) is 10.00 Å². The highest BCUT2D eigenvalue weighted by molar-refractivity contribution is 8.00. The molecule has 1 N–H and O–H groups in total. The molecule has 0 radical (unpaired) electrons. The van der Waals surface area contributed by atoms with E-state index in [1.54, 1.807) is 61.5 Å². The molecule has 0 fully saturated rings. The van der Waals surface area contributed by atoms with Gasteiger partial charge in [0.2, 0.25) is 11.7 Å². The van der Waals surface area contributed by atoms with Crippen molar-refractivity contribution in [3.63, 3.8) is 0 Å². The number of ketones is 1. The van der Waals surface area contributed by atoms with Crippen molar-refractivity contribution < 1.29 is 19.1 Å². The van der Waals surface area contributed by atoms with Gasteiger partial charge in [-0.05, 0) is 73.7 Å². The first-order valence-corrected chi connectivity index (χ1v) is 12.3. The second-order valence-electron chi connectivity index (χ2n) is 8.27. The number of esters is 1. The molecule has 6 nitrogen and oxygen atoms in total. The van der Waals surface area contributed by atoms with Gasteiger partial charge in [-0.2, -0.15) is 5.26 Å². The van der Waals surface area contributed by atoms with Crippen LogP contribution in [-0.2, 0) is 22.4 Å². The van der Waals surface area contributed by atoms with Gasteiger partial charge in [0, 0.05) is 16.1 Å². The van der Waals surface area contributed by atoms with Crippen LogP contribution in [0.5, 0.6) is 0 Å². The van der Waals surface area contributed by atoms with Crippen molar-refractivity contribution in [3.8, 4) is 6.07 Å². The van der Waals surface area contributed by atoms with Crippen molar-refractivity contribution in [1.82, 2.24) is 0 Å². The van der Waals surface area contributed by atoms with Gasteiger partial charge in [0.25, 0.3) is 0 Å². The monoisotopic (exact) mass is 484 g/mol. The second-order valence-corrected chi connectivity index (χ2v) is 9.29. The number of aryl methyl sites for hydroxylation is 2. The Labute approximate surface area is 208 Å². The van der Waals surface area contributed by atoms with Gasteiger partial charge in [0.05, 0.1) is 22.9 Å². The third kappa shape index (κ3) is 5.97. The molecule has 35 heavy (non-hydrogen) atoms. The van der Waals surface area contributed by atoms with Crippen LogP contribution in [0.15, 0.2) is 71.6 Å². The lowest BCUT2D eigenvalue weighted by molar-refractivity contribution is -0.113. The fourth-order valence-corrected chi connectivity index (χ4v) is 4.85. The number of hydrogen-bond acceptors (Lipinski definition) is 6. The first-order chi connectivity index (χ1) is 16.9. The Morgan fingerprint density at radius 2 is 1.83 bits per heavy atom. The molecule has 176 valence electrons. The van der Waals surface area contributed by atoms with Crippen molar-refractivity contribution in [2.24, 2.45) is 0 Å². The number of carbonyl (C=O) groups is 3. The highest BCUT2D eigenvalue weighted by Crippen LogP contribution is 2.26. The van der Waals surface area contributed by atoms with Crippen LogP contribution < -0.4 is 5.32 Å². The summed E-state index contributed by atoms with van der Waals surface area (Å²) < 4.78 is 5.51. The van der Waals surface area contributed by atoms with Gasteiger partial charge in [-0.15, -0.1) is 11.8 Å². The zero-order chi connectivity index (χ0) is 24.8. The van der Waals surface area contributed by atoms with Crippen molar-refractivity contribution in [2.45, 2.75) is 37.2 Å². The highest BCUT2D eigenvalue weighted by Gasteiger charge is 2.23. The molecule has 1 aliphatic carbocycles. The summed E-state index contributed by atoms with van der Waals surface area (Å²) in [6.45, 7) is 1.58. The number of ether oxygens (including phenoxy) is 1. The van der Waals surface area contributed by atoms with Crippen LogP contribution in [0.25, 0.3) is 0 Å². The predicted molar refractivity (Wildman–Crippen MR) is 135 cm³/mol. The minimum absolute atomic E-state index is 0.0602. The Bertz CT molecular complexity index is 1330. The molecule has 3 aromatic rings. The number of amides is 1. The maximum Gasteiger partial charge on any atom is 0.339 e. The van der Waals surface area contributed by atoms with Gasteiger partial charge in [-0.1, -0.05) is 30.3 Å². The number of nitrogens with zero attached hydrogens (tertiary/aromatic N) is 1. The van der Waals surface area contributed by atoms with Crippen LogP contribution in [0.4, 0.5) is 5.69 Å². The topological polar surface area (TPSA) is 96.3 Å². The molecular weight excluding hydrogens is 460 g/mol. The highest BCUT2D eigenvalue weighted by atomic mass is 32.2. The molecule has 0 saturated heterocycles. The minimum Gasteiger partial charge on any atom is -0.451 e. The molecule has 0 bridgehead atoms. The number of nitrogens with one attached hydrogen (secondary N) is 1. The minimum atomic E-state index is -0.935. The third-order valence-electron chi connectivity index (χ3n) is 5.78. The lowest BCUT2D eigenvalue weighted by atomic mass is 10.0. The zero-order valence-corrected chi connectivity index (χ0v) is 20.1. The average molecular weight is 485 g/mol. The summed E-state index contributed by atoms with van der Waals surface area (Å²) in [7, 11) is 0. The Hall–Kier alpha value is -3.89. The standard InChI is InChI=1S/C28H24N2O4S/c1-18(27(32)22-13-12-20-7-5-8-21(20)15-22)34-28(33)24-10-2-3-11-25(24)35-17-26(31)30-23-9-4-6-19(14-23)16-29/h2-4,6,9-15,18H,5,7-8,17H2,1H3,(H,30,31). The first kappa shape index (κ1) is 24.2. The van der Waals surface area contributed by atoms with E-state index in [1.807, 2.05) is 18.2 Å². The first-order valence-electron chi connectivity index (χ1n) is 11.3. The zero-order valence-electron chi connectivity index (χ0n) is 19.2. The Morgan fingerprint density at radius 3 is 2.66 bits per heavy atom. The lowest BCUT2D eigenvalue weighted by Gasteiger charge is -2.15. The number of fused-ring (bicyclic) bond motifs is 1. The van der Waals surface area contributed by atoms with Crippen LogP contribution in [0.1, 0.15) is 50.8 Å². The summed E-state index contributed by atoms with van der Waals surface area (Å²) in [5, 5.41) is 11.7. The molecule has 1 amide bonds. The van der Waals surface area contributed by atoms with E-state index < -0.39 is 12.1 Å². The van der Waals surface area contributed by atoms with Crippen LogP contribution >= 0.6 is 11.8 Å². The van der Waals surface area contributed by atoms with Gasteiger partial charge in [0.1, 0.15) is 0 Å². The quantitative estimate of drug-likeness (QED) is 0.268. The fraction of sp³-hybridized carbons (Fsp3) is 0.214. The fourth-order valence-electron chi connectivity index (χ4n) is 4.01. The summed E-state index contributed by atoms with van der Waals surface area (Å²) in [6.07, 6.45) is 2.16.